The van der Waals surface area contributed by atoms with Crippen LogP contribution in [0.2, 0.25) is 0 Å². The summed E-state index contributed by atoms with van der Waals surface area (Å²) in [6.45, 7) is 3.24. The van der Waals surface area contributed by atoms with Crippen LogP contribution in [-0.2, 0) is 15.1 Å². The van der Waals surface area contributed by atoms with E-state index in [4.69, 9.17) is 4.74 Å². The van der Waals surface area contributed by atoms with Crippen molar-refractivity contribution in [2.24, 2.45) is 0 Å². The largest absolute Gasteiger partial charge is 0.457 e. The van der Waals surface area contributed by atoms with Crippen molar-refractivity contribution >= 4 is 23.5 Å². The molecule has 1 aliphatic rings. The van der Waals surface area contributed by atoms with Crippen LogP contribution in [0.1, 0.15) is 18.1 Å². The number of benzene rings is 3. The number of carbonyl (C=O) groups is 3. The predicted molar refractivity (Wildman–Crippen MR) is 120 cm³/mol. The second-order valence-corrected chi connectivity index (χ2v) is 7.80. The summed E-state index contributed by atoms with van der Waals surface area (Å²) in [5, 5.41) is 5.40. The smallest absolute Gasteiger partial charge is 0.325 e. The van der Waals surface area contributed by atoms with Gasteiger partial charge in [-0.1, -0.05) is 42.5 Å². The quantitative estimate of drug-likeness (QED) is 0.575. The Morgan fingerprint density at radius 3 is 2.38 bits per heavy atom. The Balaban J connectivity index is 1.38. The molecule has 3 aromatic rings. The molecule has 0 saturated carbocycles. The molecule has 4 rings (SSSR count). The second kappa shape index (κ2) is 8.55. The summed E-state index contributed by atoms with van der Waals surface area (Å²) in [4.78, 5) is 38.7. The van der Waals surface area contributed by atoms with Crippen LogP contribution in [0.5, 0.6) is 11.5 Å². The van der Waals surface area contributed by atoms with Gasteiger partial charge in [0.25, 0.3) is 5.91 Å². The molecule has 0 spiro atoms. The van der Waals surface area contributed by atoms with Gasteiger partial charge in [-0.15, -0.1) is 0 Å². The fourth-order valence-corrected chi connectivity index (χ4v) is 3.57. The van der Waals surface area contributed by atoms with E-state index < -0.39 is 23.4 Å². The molecule has 1 heterocycles. The van der Waals surface area contributed by atoms with Crippen molar-refractivity contribution < 1.29 is 19.1 Å². The Hall–Kier alpha value is -4.13. The average Bonchev–Trinajstić information content (AvgIpc) is 3.00. The van der Waals surface area contributed by atoms with Crippen molar-refractivity contribution in [1.82, 2.24) is 10.2 Å². The lowest BCUT2D eigenvalue weighted by Crippen LogP contribution is -2.42. The van der Waals surface area contributed by atoms with Gasteiger partial charge in [-0.25, -0.2) is 4.79 Å². The molecule has 162 valence electrons. The normalized spacial score (nSPS) is 17.8. The minimum atomic E-state index is -1.20. The number of aryl methyl sites for hydroxylation is 1. The molecular weight excluding hydrogens is 406 g/mol. The van der Waals surface area contributed by atoms with Crippen molar-refractivity contribution in [2.45, 2.75) is 19.4 Å². The zero-order valence-corrected chi connectivity index (χ0v) is 17.8. The number of imide groups is 1. The summed E-state index contributed by atoms with van der Waals surface area (Å²) < 4.78 is 5.80. The molecule has 1 unspecified atom stereocenters. The van der Waals surface area contributed by atoms with Gasteiger partial charge in [-0.3, -0.25) is 14.5 Å². The third kappa shape index (κ3) is 4.32. The zero-order chi connectivity index (χ0) is 22.7. The molecule has 1 aliphatic heterocycles. The van der Waals surface area contributed by atoms with E-state index in [1.54, 1.807) is 55.5 Å². The van der Waals surface area contributed by atoms with Gasteiger partial charge in [0.05, 0.1) is 0 Å². The number of hydrogen-bond acceptors (Lipinski definition) is 4. The minimum Gasteiger partial charge on any atom is -0.457 e. The van der Waals surface area contributed by atoms with Crippen LogP contribution in [-0.4, -0.2) is 29.3 Å². The van der Waals surface area contributed by atoms with Crippen LogP contribution >= 0.6 is 0 Å². The van der Waals surface area contributed by atoms with E-state index in [9.17, 15) is 14.4 Å². The topological polar surface area (TPSA) is 87.7 Å². The molecular formula is C25H23N3O4. The first-order chi connectivity index (χ1) is 15.3. The number of nitrogens with zero attached hydrogens (tertiary/aromatic N) is 1. The molecule has 0 aliphatic carbocycles. The highest BCUT2D eigenvalue weighted by Gasteiger charge is 2.49. The highest BCUT2D eigenvalue weighted by molar-refractivity contribution is 6.10. The molecule has 4 amide bonds. The minimum absolute atomic E-state index is 0.380. The van der Waals surface area contributed by atoms with Gasteiger partial charge in [-0.2, -0.15) is 0 Å². The van der Waals surface area contributed by atoms with E-state index >= 15 is 0 Å². The average molecular weight is 429 g/mol. The number of rotatable bonds is 6. The fourth-order valence-electron chi connectivity index (χ4n) is 3.57. The van der Waals surface area contributed by atoms with E-state index in [2.05, 4.69) is 10.6 Å². The van der Waals surface area contributed by atoms with Gasteiger partial charge < -0.3 is 15.4 Å². The first-order valence-electron chi connectivity index (χ1n) is 10.2. The summed E-state index contributed by atoms with van der Waals surface area (Å²) in [5.41, 5.74) is 1.08. The Bertz CT molecular complexity index is 1160. The molecule has 7 nitrogen and oxygen atoms in total. The summed E-state index contributed by atoms with van der Waals surface area (Å²) in [6, 6.07) is 22.9. The monoisotopic (exact) mass is 429 g/mol. The number of carbonyl (C=O) groups excluding carboxylic acids is 3. The Morgan fingerprint density at radius 1 is 0.969 bits per heavy atom. The van der Waals surface area contributed by atoms with Gasteiger partial charge in [0, 0.05) is 5.69 Å². The zero-order valence-electron chi connectivity index (χ0n) is 17.8. The lowest BCUT2D eigenvalue weighted by Gasteiger charge is -2.22. The molecule has 1 saturated heterocycles. The van der Waals surface area contributed by atoms with Crippen LogP contribution in [0.25, 0.3) is 0 Å². The SMILES string of the molecule is Cc1cccc(Oc2ccc(NC(=O)CN3C(=O)NC(C)(c4ccccc4)C3=O)cc2)c1. The van der Waals surface area contributed by atoms with Crippen LogP contribution in [0.4, 0.5) is 10.5 Å². The third-order valence-corrected chi connectivity index (χ3v) is 5.29. The molecule has 7 heteroatoms. The molecule has 2 N–H and O–H groups in total. The molecule has 32 heavy (non-hydrogen) atoms. The van der Waals surface area contributed by atoms with Gasteiger partial charge >= 0.3 is 6.03 Å². The lowest BCUT2D eigenvalue weighted by molar-refractivity contribution is -0.133. The summed E-state index contributed by atoms with van der Waals surface area (Å²) >= 11 is 0. The summed E-state index contributed by atoms with van der Waals surface area (Å²) in [5.74, 6) is 0.409. The molecule has 1 atom stereocenters. The van der Waals surface area contributed by atoms with Crippen LogP contribution in [0, 0.1) is 6.92 Å². The van der Waals surface area contributed by atoms with Crippen LogP contribution in [0.15, 0.2) is 78.9 Å². The number of urea groups is 1. The van der Waals surface area contributed by atoms with E-state index in [1.807, 2.05) is 37.3 Å². The van der Waals surface area contributed by atoms with E-state index in [1.165, 1.54) is 0 Å². The van der Waals surface area contributed by atoms with E-state index in [0.717, 1.165) is 16.2 Å². The maximum Gasteiger partial charge on any atom is 0.325 e. The Labute approximate surface area is 186 Å². The second-order valence-electron chi connectivity index (χ2n) is 7.80. The summed E-state index contributed by atoms with van der Waals surface area (Å²) in [6.07, 6.45) is 0. The highest BCUT2D eigenvalue weighted by Crippen LogP contribution is 2.28. The third-order valence-electron chi connectivity index (χ3n) is 5.29. The number of amides is 4. The maximum absolute atomic E-state index is 12.9. The standard InChI is InChI=1S/C25H23N3O4/c1-17-7-6-10-21(15-17)32-20-13-11-19(12-14-20)26-22(29)16-28-23(30)25(2,27-24(28)31)18-8-4-3-5-9-18/h3-15H,16H2,1-2H3,(H,26,29)(H,27,31). The number of ether oxygens (including phenoxy) is 1. The molecule has 3 aromatic carbocycles. The summed E-state index contributed by atoms with van der Waals surface area (Å²) in [7, 11) is 0. The van der Waals surface area contributed by atoms with Crippen molar-refractivity contribution in [3.05, 3.63) is 90.0 Å². The van der Waals surface area contributed by atoms with Crippen molar-refractivity contribution in [2.75, 3.05) is 11.9 Å². The lowest BCUT2D eigenvalue weighted by atomic mass is 9.92. The van der Waals surface area contributed by atoms with Crippen molar-refractivity contribution in [3.8, 4) is 11.5 Å². The fraction of sp³-hybridized carbons (Fsp3) is 0.160. The number of nitrogens with one attached hydrogen (secondary N) is 2. The van der Waals surface area contributed by atoms with Crippen molar-refractivity contribution in [1.29, 1.82) is 0 Å². The van der Waals surface area contributed by atoms with Gasteiger partial charge in [0.1, 0.15) is 23.6 Å². The molecule has 0 radical (unpaired) electrons. The highest BCUT2D eigenvalue weighted by atomic mass is 16.5. The Morgan fingerprint density at radius 2 is 1.69 bits per heavy atom. The van der Waals surface area contributed by atoms with E-state index in [0.29, 0.717) is 17.0 Å². The Kier molecular flexibility index (Phi) is 5.64. The molecule has 1 fully saturated rings. The van der Waals surface area contributed by atoms with Crippen molar-refractivity contribution in [3.63, 3.8) is 0 Å². The van der Waals surface area contributed by atoms with Crippen LogP contribution in [0.3, 0.4) is 0 Å². The van der Waals surface area contributed by atoms with Gasteiger partial charge in [-0.05, 0) is 61.4 Å². The molecule has 0 aromatic heterocycles. The first kappa shape index (κ1) is 21.1. The number of hydrogen-bond donors (Lipinski definition) is 2. The number of anilines is 1. The maximum atomic E-state index is 12.9. The first-order valence-corrected chi connectivity index (χ1v) is 10.2. The van der Waals surface area contributed by atoms with E-state index in [-0.39, 0.29) is 6.54 Å². The van der Waals surface area contributed by atoms with Gasteiger partial charge in [0.15, 0.2) is 0 Å². The van der Waals surface area contributed by atoms with Gasteiger partial charge in [0.2, 0.25) is 5.91 Å². The predicted octanol–water partition coefficient (Wildman–Crippen LogP) is 4.19. The molecule has 0 bridgehead atoms. The van der Waals surface area contributed by atoms with Crippen LogP contribution < -0.4 is 15.4 Å².